The van der Waals surface area contributed by atoms with Crippen LogP contribution in [0.5, 0.6) is 0 Å². The Morgan fingerprint density at radius 3 is 2.86 bits per heavy atom. The van der Waals surface area contributed by atoms with Gasteiger partial charge in [-0.3, -0.25) is 4.79 Å². The fourth-order valence-electron chi connectivity index (χ4n) is 3.21. The van der Waals surface area contributed by atoms with Crippen LogP contribution in [-0.4, -0.2) is 40.6 Å². The van der Waals surface area contributed by atoms with E-state index in [0.29, 0.717) is 17.8 Å². The third-order valence-corrected chi connectivity index (χ3v) is 4.35. The summed E-state index contributed by atoms with van der Waals surface area (Å²) in [5.41, 5.74) is 1.90. The Bertz CT molecular complexity index is 645. The highest BCUT2D eigenvalue weighted by Crippen LogP contribution is 2.34. The smallest absolute Gasteiger partial charge is 0.304 e. The molecule has 0 aliphatic carbocycles. The molecular formula is C16H19FN2O2. The van der Waals surface area contributed by atoms with Crippen LogP contribution < -0.4 is 0 Å². The Labute approximate surface area is 122 Å². The third-order valence-electron chi connectivity index (χ3n) is 4.35. The number of hydrogen-bond donors (Lipinski definition) is 2. The highest BCUT2D eigenvalue weighted by atomic mass is 19.1. The minimum absolute atomic E-state index is 0.169. The molecule has 1 fully saturated rings. The van der Waals surface area contributed by atoms with Crippen molar-refractivity contribution < 1.29 is 14.3 Å². The van der Waals surface area contributed by atoms with Crippen molar-refractivity contribution in [2.75, 3.05) is 19.6 Å². The molecule has 2 heterocycles. The van der Waals surface area contributed by atoms with E-state index >= 15 is 0 Å². The number of likely N-dealkylation sites (tertiary alicyclic amines) is 1. The monoisotopic (exact) mass is 290 g/mol. The van der Waals surface area contributed by atoms with Crippen molar-refractivity contribution in [3.8, 4) is 0 Å². The van der Waals surface area contributed by atoms with Crippen molar-refractivity contribution in [2.45, 2.75) is 25.2 Å². The van der Waals surface area contributed by atoms with Crippen LogP contribution in [0.3, 0.4) is 0 Å². The lowest BCUT2D eigenvalue weighted by Gasteiger charge is -2.31. The van der Waals surface area contributed by atoms with Gasteiger partial charge in [-0.05, 0) is 49.5 Å². The Balaban J connectivity index is 1.70. The van der Waals surface area contributed by atoms with Gasteiger partial charge in [-0.25, -0.2) is 4.39 Å². The Morgan fingerprint density at radius 2 is 2.14 bits per heavy atom. The third kappa shape index (κ3) is 2.93. The summed E-state index contributed by atoms with van der Waals surface area (Å²) in [7, 11) is 0. The van der Waals surface area contributed by atoms with Gasteiger partial charge >= 0.3 is 5.97 Å². The van der Waals surface area contributed by atoms with Crippen LogP contribution in [0, 0.1) is 5.82 Å². The number of hydrogen-bond acceptors (Lipinski definition) is 2. The number of carboxylic acid groups (broad SMARTS) is 1. The zero-order valence-electron chi connectivity index (χ0n) is 11.8. The van der Waals surface area contributed by atoms with E-state index in [2.05, 4.69) is 9.88 Å². The molecule has 2 N–H and O–H groups in total. The molecule has 1 saturated heterocycles. The number of halogens is 1. The summed E-state index contributed by atoms with van der Waals surface area (Å²) in [6, 6.07) is 5.11. The maximum absolute atomic E-state index is 14.0. The predicted octanol–water partition coefficient (Wildman–Crippen LogP) is 2.96. The number of piperidine rings is 1. The average molecular weight is 290 g/mol. The number of rotatable bonds is 4. The molecule has 4 nitrogen and oxygen atoms in total. The van der Waals surface area contributed by atoms with Crippen LogP contribution in [0.15, 0.2) is 24.4 Å². The predicted molar refractivity (Wildman–Crippen MR) is 78.9 cm³/mol. The average Bonchev–Trinajstić information content (AvgIpc) is 2.91. The van der Waals surface area contributed by atoms with E-state index in [9.17, 15) is 9.18 Å². The van der Waals surface area contributed by atoms with Gasteiger partial charge in [-0.1, -0.05) is 6.07 Å². The number of nitrogens with one attached hydrogen (secondary N) is 1. The molecular weight excluding hydrogens is 271 g/mol. The molecule has 0 atom stereocenters. The van der Waals surface area contributed by atoms with Crippen LogP contribution in [0.1, 0.15) is 30.7 Å². The van der Waals surface area contributed by atoms with E-state index in [1.54, 1.807) is 6.07 Å². The number of H-pyrrole nitrogens is 1. The molecule has 0 bridgehead atoms. The molecule has 21 heavy (non-hydrogen) atoms. The molecule has 3 rings (SSSR count). The Hall–Kier alpha value is -1.88. The summed E-state index contributed by atoms with van der Waals surface area (Å²) in [6.07, 6.45) is 4.00. The Morgan fingerprint density at radius 1 is 1.38 bits per heavy atom. The van der Waals surface area contributed by atoms with Crippen molar-refractivity contribution in [3.63, 3.8) is 0 Å². The molecule has 0 spiro atoms. The van der Waals surface area contributed by atoms with Crippen LogP contribution in [0.2, 0.25) is 0 Å². The van der Waals surface area contributed by atoms with Crippen LogP contribution in [0.4, 0.5) is 4.39 Å². The quantitative estimate of drug-likeness (QED) is 0.910. The Kier molecular flexibility index (Phi) is 3.92. The van der Waals surface area contributed by atoms with E-state index in [-0.39, 0.29) is 12.2 Å². The van der Waals surface area contributed by atoms with Crippen LogP contribution in [-0.2, 0) is 4.79 Å². The molecule has 0 radical (unpaired) electrons. The molecule has 1 aliphatic rings. The highest BCUT2D eigenvalue weighted by Gasteiger charge is 2.24. The van der Waals surface area contributed by atoms with Crippen molar-refractivity contribution in [1.82, 2.24) is 9.88 Å². The fourth-order valence-corrected chi connectivity index (χ4v) is 3.21. The van der Waals surface area contributed by atoms with E-state index in [1.165, 1.54) is 6.07 Å². The minimum atomic E-state index is -0.754. The standard InChI is InChI=1S/C16H19FN2O2/c17-13-2-1-3-14-16(13)12(10-18-14)11-4-7-19(8-5-11)9-6-15(20)21/h1-3,10-11,18H,4-9H2,(H,20,21). The topological polar surface area (TPSA) is 56.3 Å². The number of aromatic nitrogens is 1. The zero-order valence-corrected chi connectivity index (χ0v) is 11.8. The highest BCUT2D eigenvalue weighted by molar-refractivity contribution is 5.84. The molecule has 1 aliphatic heterocycles. The van der Waals surface area contributed by atoms with Crippen LogP contribution in [0.25, 0.3) is 10.9 Å². The molecule has 1 aromatic heterocycles. The van der Waals surface area contributed by atoms with Gasteiger partial charge in [0, 0.05) is 23.6 Å². The maximum Gasteiger partial charge on any atom is 0.304 e. The molecule has 112 valence electrons. The largest absolute Gasteiger partial charge is 0.481 e. The minimum Gasteiger partial charge on any atom is -0.481 e. The summed E-state index contributed by atoms with van der Waals surface area (Å²) in [5.74, 6) is -0.579. The second-order valence-corrected chi connectivity index (χ2v) is 5.67. The van der Waals surface area contributed by atoms with Gasteiger partial charge < -0.3 is 15.0 Å². The van der Waals surface area contributed by atoms with Gasteiger partial charge in [0.1, 0.15) is 5.82 Å². The van der Waals surface area contributed by atoms with Gasteiger partial charge in [0.05, 0.1) is 6.42 Å². The number of carboxylic acids is 1. The van der Waals surface area contributed by atoms with Crippen molar-refractivity contribution in [2.24, 2.45) is 0 Å². The van der Waals surface area contributed by atoms with Crippen molar-refractivity contribution >= 4 is 16.9 Å². The summed E-state index contributed by atoms with van der Waals surface area (Å²) in [5, 5.41) is 9.43. The number of aromatic amines is 1. The normalized spacial score (nSPS) is 17.4. The summed E-state index contributed by atoms with van der Waals surface area (Å²) in [4.78, 5) is 15.9. The van der Waals surface area contributed by atoms with Gasteiger partial charge in [0.2, 0.25) is 0 Å². The van der Waals surface area contributed by atoms with E-state index in [4.69, 9.17) is 5.11 Å². The van der Waals surface area contributed by atoms with E-state index < -0.39 is 5.97 Å². The molecule has 0 saturated carbocycles. The van der Waals surface area contributed by atoms with Gasteiger partial charge in [0.15, 0.2) is 0 Å². The number of benzene rings is 1. The second kappa shape index (κ2) is 5.85. The first-order valence-electron chi connectivity index (χ1n) is 7.35. The lowest BCUT2D eigenvalue weighted by Crippen LogP contribution is -2.34. The molecule has 1 aromatic carbocycles. The fraction of sp³-hybridized carbons (Fsp3) is 0.438. The van der Waals surface area contributed by atoms with E-state index in [0.717, 1.165) is 37.0 Å². The molecule has 0 unspecified atom stereocenters. The summed E-state index contributed by atoms with van der Waals surface area (Å²) < 4.78 is 14.0. The molecule has 2 aromatic rings. The van der Waals surface area contributed by atoms with Gasteiger partial charge in [0.25, 0.3) is 0 Å². The summed E-state index contributed by atoms with van der Waals surface area (Å²) >= 11 is 0. The first-order chi connectivity index (χ1) is 10.1. The van der Waals surface area contributed by atoms with Crippen LogP contribution >= 0.6 is 0 Å². The van der Waals surface area contributed by atoms with Crippen molar-refractivity contribution in [3.05, 3.63) is 35.8 Å². The lowest BCUT2D eigenvalue weighted by atomic mass is 9.89. The molecule has 5 heteroatoms. The first-order valence-corrected chi connectivity index (χ1v) is 7.35. The number of aliphatic carboxylic acids is 1. The number of fused-ring (bicyclic) bond motifs is 1. The number of carbonyl (C=O) groups is 1. The zero-order chi connectivity index (χ0) is 14.8. The first kappa shape index (κ1) is 14.1. The number of nitrogens with zero attached hydrogens (tertiary/aromatic N) is 1. The van der Waals surface area contributed by atoms with Gasteiger partial charge in [-0.15, -0.1) is 0 Å². The summed E-state index contributed by atoms with van der Waals surface area (Å²) in [6.45, 7) is 2.35. The van der Waals surface area contributed by atoms with Gasteiger partial charge in [-0.2, -0.15) is 0 Å². The SMILES string of the molecule is O=C(O)CCN1CCC(c2c[nH]c3cccc(F)c23)CC1. The molecule has 0 amide bonds. The van der Waals surface area contributed by atoms with E-state index in [1.807, 2.05) is 12.3 Å². The lowest BCUT2D eigenvalue weighted by molar-refractivity contribution is -0.137. The van der Waals surface area contributed by atoms with Crippen molar-refractivity contribution in [1.29, 1.82) is 0 Å². The maximum atomic E-state index is 14.0. The second-order valence-electron chi connectivity index (χ2n) is 5.67.